The maximum absolute atomic E-state index is 13.0. The Balaban J connectivity index is 1.68. The third kappa shape index (κ3) is 2.36. The van der Waals surface area contributed by atoms with Crippen molar-refractivity contribution in [3.63, 3.8) is 0 Å². The molecule has 0 bridgehead atoms. The minimum atomic E-state index is -0.415. The highest BCUT2D eigenvalue weighted by Gasteiger charge is 2.60. The van der Waals surface area contributed by atoms with Gasteiger partial charge in [-0.15, -0.1) is 6.58 Å². The molecule has 0 aliphatic heterocycles. The van der Waals surface area contributed by atoms with Crippen molar-refractivity contribution in [3.05, 3.63) is 24.3 Å². The number of Topliss-reactive ketones (excluding diaryl/α,β-unsaturated/α-hetero) is 1. The molecule has 3 fully saturated rings. The van der Waals surface area contributed by atoms with Gasteiger partial charge in [0.15, 0.2) is 5.78 Å². The summed E-state index contributed by atoms with van der Waals surface area (Å²) in [4.78, 5) is 13.0. The first-order chi connectivity index (χ1) is 11.8. The molecule has 4 aliphatic rings. The molecular weight excluding hydrogens is 308 g/mol. The molecule has 0 spiro atoms. The lowest BCUT2D eigenvalue weighted by molar-refractivity contribution is -0.129. The maximum atomic E-state index is 13.0. The lowest BCUT2D eigenvalue weighted by Gasteiger charge is -2.58. The van der Waals surface area contributed by atoms with Gasteiger partial charge in [0.1, 0.15) is 0 Å². The van der Waals surface area contributed by atoms with Crippen LogP contribution in [0.4, 0.5) is 0 Å². The van der Waals surface area contributed by atoms with Gasteiger partial charge >= 0.3 is 0 Å². The van der Waals surface area contributed by atoms with Crippen molar-refractivity contribution in [2.24, 2.45) is 40.4 Å². The zero-order valence-electron chi connectivity index (χ0n) is 16.1. The van der Waals surface area contributed by atoms with Crippen molar-refractivity contribution in [2.75, 3.05) is 0 Å². The molecule has 0 heterocycles. The van der Waals surface area contributed by atoms with Gasteiger partial charge < -0.3 is 5.11 Å². The lowest BCUT2D eigenvalue weighted by Crippen LogP contribution is -2.53. The molecular formula is C23H34O2. The fourth-order valence-electron chi connectivity index (χ4n) is 7.60. The van der Waals surface area contributed by atoms with Gasteiger partial charge in [0, 0.05) is 6.42 Å². The summed E-state index contributed by atoms with van der Waals surface area (Å²) in [6.45, 7) is 11.2. The van der Waals surface area contributed by atoms with Gasteiger partial charge in [-0.2, -0.15) is 0 Å². The summed E-state index contributed by atoms with van der Waals surface area (Å²) in [5.41, 5.74) is 1.34. The summed E-state index contributed by atoms with van der Waals surface area (Å²) in [5.74, 6) is 3.48. The Morgan fingerprint density at radius 1 is 1.20 bits per heavy atom. The molecule has 138 valence electrons. The van der Waals surface area contributed by atoms with E-state index in [1.807, 2.05) is 6.08 Å². The van der Waals surface area contributed by atoms with E-state index >= 15 is 0 Å². The van der Waals surface area contributed by atoms with Crippen LogP contribution in [0, 0.1) is 40.4 Å². The average Bonchev–Trinajstić information content (AvgIpc) is 2.93. The van der Waals surface area contributed by atoms with Crippen molar-refractivity contribution in [3.8, 4) is 0 Å². The van der Waals surface area contributed by atoms with E-state index in [-0.39, 0.29) is 5.41 Å². The van der Waals surface area contributed by atoms with Gasteiger partial charge in [-0.25, -0.2) is 0 Å². The number of allylic oxidation sites excluding steroid dienone is 2. The molecule has 1 N–H and O–H groups in total. The van der Waals surface area contributed by atoms with E-state index in [2.05, 4.69) is 33.4 Å². The first kappa shape index (κ1) is 17.5. The van der Waals surface area contributed by atoms with Crippen molar-refractivity contribution >= 4 is 5.78 Å². The molecule has 4 rings (SSSR count). The van der Waals surface area contributed by atoms with E-state index in [0.29, 0.717) is 41.3 Å². The van der Waals surface area contributed by atoms with Crippen LogP contribution in [0.25, 0.3) is 0 Å². The zero-order valence-corrected chi connectivity index (χ0v) is 16.1. The van der Waals surface area contributed by atoms with Crippen molar-refractivity contribution < 1.29 is 9.90 Å². The zero-order chi connectivity index (χ0) is 18.0. The molecule has 0 aromatic heterocycles. The number of carbonyl (C=O) groups is 1. The number of carbonyl (C=O) groups excluding carboxylic acids is 1. The summed E-state index contributed by atoms with van der Waals surface area (Å²) in [7, 11) is 0. The summed E-state index contributed by atoms with van der Waals surface area (Å²) in [6.07, 6.45) is 11.2. The van der Waals surface area contributed by atoms with Crippen LogP contribution in [0.2, 0.25) is 0 Å². The van der Waals surface area contributed by atoms with Gasteiger partial charge in [-0.1, -0.05) is 26.8 Å². The Hall–Kier alpha value is -0.890. The van der Waals surface area contributed by atoms with E-state index in [0.717, 1.165) is 24.3 Å². The van der Waals surface area contributed by atoms with Gasteiger partial charge in [-0.3, -0.25) is 4.79 Å². The van der Waals surface area contributed by atoms with Gasteiger partial charge in [0.25, 0.3) is 0 Å². The number of fused-ring (bicyclic) bond motifs is 5. The van der Waals surface area contributed by atoms with E-state index in [1.165, 1.54) is 25.7 Å². The largest absolute Gasteiger partial charge is 0.389 e. The van der Waals surface area contributed by atoms with E-state index in [9.17, 15) is 9.90 Å². The van der Waals surface area contributed by atoms with Gasteiger partial charge in [0.05, 0.1) is 6.10 Å². The maximum Gasteiger partial charge on any atom is 0.159 e. The fourth-order valence-corrected chi connectivity index (χ4v) is 7.60. The molecule has 4 aliphatic carbocycles. The van der Waals surface area contributed by atoms with Gasteiger partial charge in [0.2, 0.25) is 0 Å². The third-order valence-corrected chi connectivity index (χ3v) is 8.99. The summed E-state index contributed by atoms with van der Waals surface area (Å²) in [5, 5.41) is 10.1. The number of hydrogen-bond donors (Lipinski definition) is 1. The monoisotopic (exact) mass is 342 g/mol. The predicted molar refractivity (Wildman–Crippen MR) is 101 cm³/mol. The molecule has 0 saturated heterocycles. The molecule has 0 aromatic rings. The van der Waals surface area contributed by atoms with E-state index < -0.39 is 6.10 Å². The predicted octanol–water partition coefficient (Wildman–Crippen LogP) is 4.93. The quantitative estimate of drug-likeness (QED) is 0.723. The van der Waals surface area contributed by atoms with Crippen LogP contribution in [-0.2, 0) is 4.79 Å². The molecule has 0 aromatic carbocycles. The molecule has 2 heteroatoms. The Labute approximate surface area is 152 Å². The SMILES string of the molecule is C=C[C@@H](C)[C@H]1CCC2C3CC(=O)C4=C[C@@H](O)CCC4(C)C3CCC21C. The second-order valence-electron chi connectivity index (χ2n) is 9.93. The second-order valence-corrected chi connectivity index (χ2v) is 9.93. The number of rotatable bonds is 2. The van der Waals surface area contributed by atoms with Crippen LogP contribution >= 0.6 is 0 Å². The molecule has 25 heavy (non-hydrogen) atoms. The van der Waals surface area contributed by atoms with Crippen LogP contribution in [-0.4, -0.2) is 17.0 Å². The van der Waals surface area contributed by atoms with E-state index in [1.54, 1.807) is 0 Å². The van der Waals surface area contributed by atoms with Crippen LogP contribution in [0.15, 0.2) is 24.3 Å². The minimum absolute atomic E-state index is 0.00268. The molecule has 8 atom stereocenters. The van der Waals surface area contributed by atoms with Crippen LogP contribution in [0.3, 0.4) is 0 Å². The normalized spacial score (nSPS) is 50.3. The smallest absolute Gasteiger partial charge is 0.159 e. The number of aliphatic hydroxyl groups is 1. The first-order valence-corrected chi connectivity index (χ1v) is 10.4. The van der Waals surface area contributed by atoms with Crippen LogP contribution in [0.5, 0.6) is 0 Å². The lowest BCUT2D eigenvalue weighted by atomic mass is 9.46. The third-order valence-electron chi connectivity index (χ3n) is 8.99. The Morgan fingerprint density at radius 3 is 2.68 bits per heavy atom. The van der Waals surface area contributed by atoms with Crippen molar-refractivity contribution in [2.45, 2.75) is 71.8 Å². The topological polar surface area (TPSA) is 37.3 Å². The molecule has 2 nitrogen and oxygen atoms in total. The first-order valence-electron chi connectivity index (χ1n) is 10.4. The van der Waals surface area contributed by atoms with Crippen LogP contribution < -0.4 is 0 Å². The van der Waals surface area contributed by atoms with Crippen molar-refractivity contribution in [1.82, 2.24) is 0 Å². The summed E-state index contributed by atoms with van der Waals surface area (Å²) < 4.78 is 0. The highest BCUT2D eigenvalue weighted by molar-refractivity contribution is 5.98. The standard InChI is InChI=1S/C23H34O2/c1-5-14(2)17-6-7-18-16-13-21(25)20-12-15(24)8-10-23(20,4)19(16)9-11-22(17,18)3/h5,12,14-19,24H,1,6-11,13H2,2-4H3/t14-,15+,16?,17-,18?,19?,22?,23?/m1/s1. The fraction of sp³-hybridized carbons (Fsp3) is 0.783. The van der Waals surface area contributed by atoms with Crippen LogP contribution in [0.1, 0.15) is 65.7 Å². The molecule has 3 saturated carbocycles. The average molecular weight is 343 g/mol. The Bertz CT molecular complexity index is 620. The summed E-state index contributed by atoms with van der Waals surface area (Å²) >= 11 is 0. The number of ketones is 1. The number of aliphatic hydroxyl groups excluding tert-OH is 1. The Kier molecular flexibility index (Phi) is 4.07. The minimum Gasteiger partial charge on any atom is -0.389 e. The molecule has 5 unspecified atom stereocenters. The Morgan fingerprint density at radius 2 is 1.96 bits per heavy atom. The van der Waals surface area contributed by atoms with E-state index in [4.69, 9.17) is 0 Å². The highest BCUT2D eigenvalue weighted by atomic mass is 16.3. The molecule has 0 amide bonds. The van der Waals surface area contributed by atoms with Gasteiger partial charge in [-0.05, 0) is 90.6 Å². The molecule has 0 radical (unpaired) electrons. The second kappa shape index (κ2) is 5.81. The summed E-state index contributed by atoms with van der Waals surface area (Å²) in [6, 6.07) is 0. The van der Waals surface area contributed by atoms with Crippen molar-refractivity contribution in [1.29, 1.82) is 0 Å². The highest BCUT2D eigenvalue weighted by Crippen LogP contribution is 2.67. The number of hydrogen-bond acceptors (Lipinski definition) is 2.